The van der Waals surface area contributed by atoms with Crippen molar-refractivity contribution in [2.45, 2.75) is 13.3 Å². The van der Waals surface area contributed by atoms with Gasteiger partial charge in [-0.1, -0.05) is 24.3 Å². The molecule has 5 heteroatoms. The fourth-order valence-corrected chi connectivity index (χ4v) is 2.28. The minimum Gasteiger partial charge on any atom is -0.494 e. The third-order valence-electron chi connectivity index (χ3n) is 3.28. The molecule has 1 heterocycles. The molecule has 0 aliphatic rings. The first-order valence-electron chi connectivity index (χ1n) is 6.99. The highest BCUT2D eigenvalue weighted by atomic mass is 35.5. The SMILES string of the molecule is CCOc1ccc(Cc2nc(N)c3ccccc3n2)cc1.Cl. The second-order valence-electron chi connectivity index (χ2n) is 4.80. The number of anilines is 1. The zero-order valence-corrected chi connectivity index (χ0v) is 13.1. The Morgan fingerprint density at radius 3 is 2.45 bits per heavy atom. The average molecular weight is 316 g/mol. The maximum Gasteiger partial charge on any atom is 0.135 e. The van der Waals surface area contributed by atoms with Crippen LogP contribution in [0.15, 0.2) is 48.5 Å². The van der Waals surface area contributed by atoms with Gasteiger partial charge < -0.3 is 10.5 Å². The first-order valence-corrected chi connectivity index (χ1v) is 6.99. The lowest BCUT2D eigenvalue weighted by molar-refractivity contribution is 0.340. The molecule has 0 spiro atoms. The van der Waals surface area contributed by atoms with Crippen LogP contribution >= 0.6 is 12.4 Å². The number of nitrogen functional groups attached to an aromatic ring is 1. The summed E-state index contributed by atoms with van der Waals surface area (Å²) in [7, 11) is 0. The molecule has 2 aromatic carbocycles. The van der Waals surface area contributed by atoms with Crippen molar-refractivity contribution >= 4 is 29.1 Å². The smallest absolute Gasteiger partial charge is 0.135 e. The monoisotopic (exact) mass is 315 g/mol. The number of hydrogen-bond acceptors (Lipinski definition) is 4. The zero-order chi connectivity index (χ0) is 14.7. The van der Waals surface area contributed by atoms with Crippen molar-refractivity contribution in [2.24, 2.45) is 0 Å². The number of hydrogen-bond donors (Lipinski definition) is 1. The average Bonchev–Trinajstić information content (AvgIpc) is 2.50. The van der Waals surface area contributed by atoms with E-state index in [4.69, 9.17) is 10.5 Å². The molecule has 0 amide bonds. The summed E-state index contributed by atoms with van der Waals surface area (Å²) in [6, 6.07) is 15.8. The highest BCUT2D eigenvalue weighted by Gasteiger charge is 2.05. The number of aromatic nitrogens is 2. The van der Waals surface area contributed by atoms with E-state index in [1.54, 1.807) is 0 Å². The predicted octanol–water partition coefficient (Wildman–Crippen LogP) is 3.62. The fourth-order valence-electron chi connectivity index (χ4n) is 2.28. The van der Waals surface area contributed by atoms with E-state index in [0.717, 1.165) is 28.0 Å². The van der Waals surface area contributed by atoms with Crippen LogP contribution < -0.4 is 10.5 Å². The third-order valence-corrected chi connectivity index (χ3v) is 3.28. The number of rotatable bonds is 4. The molecule has 0 aliphatic heterocycles. The summed E-state index contributed by atoms with van der Waals surface area (Å²) in [5.74, 6) is 2.14. The van der Waals surface area contributed by atoms with Gasteiger partial charge in [0.25, 0.3) is 0 Å². The van der Waals surface area contributed by atoms with Gasteiger partial charge in [-0.05, 0) is 36.8 Å². The van der Waals surface area contributed by atoms with Crippen LogP contribution in [0.5, 0.6) is 5.75 Å². The number of nitrogens with two attached hydrogens (primary N) is 1. The molecule has 1 aromatic heterocycles. The molecule has 0 atom stereocenters. The number of fused-ring (bicyclic) bond motifs is 1. The van der Waals surface area contributed by atoms with Crippen LogP contribution in [-0.4, -0.2) is 16.6 Å². The van der Waals surface area contributed by atoms with Crippen molar-refractivity contribution < 1.29 is 4.74 Å². The largest absolute Gasteiger partial charge is 0.494 e. The normalized spacial score (nSPS) is 10.2. The van der Waals surface area contributed by atoms with E-state index < -0.39 is 0 Å². The second kappa shape index (κ2) is 7.09. The Bertz CT molecular complexity index is 759. The van der Waals surface area contributed by atoms with Crippen molar-refractivity contribution in [3.8, 4) is 5.75 Å². The Morgan fingerprint density at radius 1 is 1.00 bits per heavy atom. The van der Waals surface area contributed by atoms with Gasteiger partial charge in [0.1, 0.15) is 17.4 Å². The molecule has 0 fully saturated rings. The van der Waals surface area contributed by atoms with Crippen molar-refractivity contribution in [3.63, 3.8) is 0 Å². The highest BCUT2D eigenvalue weighted by Crippen LogP contribution is 2.19. The Balaban J connectivity index is 0.00000176. The number of para-hydroxylation sites is 1. The van der Waals surface area contributed by atoms with E-state index in [-0.39, 0.29) is 12.4 Å². The summed E-state index contributed by atoms with van der Waals surface area (Å²) in [5.41, 5.74) is 8.02. The molecule has 2 N–H and O–H groups in total. The van der Waals surface area contributed by atoms with E-state index in [2.05, 4.69) is 9.97 Å². The van der Waals surface area contributed by atoms with E-state index in [0.29, 0.717) is 18.8 Å². The molecule has 3 rings (SSSR count). The van der Waals surface area contributed by atoms with E-state index in [1.807, 2.05) is 55.5 Å². The quantitative estimate of drug-likeness (QED) is 0.798. The molecule has 0 radical (unpaired) electrons. The summed E-state index contributed by atoms with van der Waals surface area (Å²) >= 11 is 0. The summed E-state index contributed by atoms with van der Waals surface area (Å²) in [5, 5.41) is 0.896. The maximum atomic E-state index is 6.00. The van der Waals surface area contributed by atoms with Gasteiger partial charge in [0.2, 0.25) is 0 Å². The summed E-state index contributed by atoms with van der Waals surface area (Å²) in [4.78, 5) is 8.96. The second-order valence-corrected chi connectivity index (χ2v) is 4.80. The summed E-state index contributed by atoms with van der Waals surface area (Å²) < 4.78 is 5.44. The summed E-state index contributed by atoms with van der Waals surface area (Å²) in [6.45, 7) is 2.64. The standard InChI is InChI=1S/C17H17N3O.ClH/c1-2-21-13-9-7-12(8-10-13)11-16-19-15-6-4-3-5-14(15)17(18)20-16;/h3-10H,2,11H2,1H3,(H2,18,19,20);1H. The highest BCUT2D eigenvalue weighted by molar-refractivity contribution is 5.87. The minimum absolute atomic E-state index is 0. The number of halogens is 1. The van der Waals surface area contributed by atoms with Gasteiger partial charge >= 0.3 is 0 Å². The van der Waals surface area contributed by atoms with Gasteiger partial charge in [0.05, 0.1) is 12.1 Å². The van der Waals surface area contributed by atoms with Gasteiger partial charge in [0, 0.05) is 11.8 Å². The number of ether oxygens (including phenoxy) is 1. The van der Waals surface area contributed by atoms with Gasteiger partial charge in [-0.2, -0.15) is 0 Å². The van der Waals surface area contributed by atoms with Crippen molar-refractivity contribution in [1.82, 2.24) is 9.97 Å². The molecule has 0 saturated heterocycles. The van der Waals surface area contributed by atoms with Crippen LogP contribution in [0.4, 0.5) is 5.82 Å². The van der Waals surface area contributed by atoms with Gasteiger partial charge in [-0.3, -0.25) is 0 Å². The molecular formula is C17H18ClN3O. The van der Waals surface area contributed by atoms with Crippen molar-refractivity contribution in [1.29, 1.82) is 0 Å². The van der Waals surface area contributed by atoms with Crippen molar-refractivity contribution in [3.05, 3.63) is 59.9 Å². The van der Waals surface area contributed by atoms with Crippen LogP contribution in [0.2, 0.25) is 0 Å². The first-order chi connectivity index (χ1) is 10.3. The molecule has 114 valence electrons. The van der Waals surface area contributed by atoms with Gasteiger partial charge in [-0.15, -0.1) is 12.4 Å². The zero-order valence-electron chi connectivity index (χ0n) is 12.3. The maximum absolute atomic E-state index is 6.00. The molecule has 0 aliphatic carbocycles. The van der Waals surface area contributed by atoms with E-state index in [1.165, 1.54) is 0 Å². The predicted molar refractivity (Wildman–Crippen MR) is 91.6 cm³/mol. The molecule has 4 nitrogen and oxygen atoms in total. The summed E-state index contributed by atoms with van der Waals surface area (Å²) in [6.07, 6.45) is 0.654. The Kier molecular flexibility index (Phi) is 5.17. The lowest BCUT2D eigenvalue weighted by Crippen LogP contribution is -2.02. The Labute approximate surface area is 135 Å². The molecular weight excluding hydrogens is 298 g/mol. The van der Waals surface area contributed by atoms with Crippen molar-refractivity contribution in [2.75, 3.05) is 12.3 Å². The number of nitrogens with zero attached hydrogens (tertiary/aromatic N) is 2. The molecule has 22 heavy (non-hydrogen) atoms. The number of benzene rings is 2. The minimum atomic E-state index is 0. The first kappa shape index (κ1) is 16.0. The Morgan fingerprint density at radius 2 is 1.73 bits per heavy atom. The van der Waals surface area contributed by atoms with Crippen LogP contribution in [0.25, 0.3) is 10.9 Å². The van der Waals surface area contributed by atoms with E-state index in [9.17, 15) is 0 Å². The lowest BCUT2D eigenvalue weighted by Gasteiger charge is -2.07. The topological polar surface area (TPSA) is 61.0 Å². The Hall–Kier alpha value is -2.33. The van der Waals surface area contributed by atoms with Gasteiger partial charge in [0.15, 0.2) is 0 Å². The lowest BCUT2D eigenvalue weighted by atomic mass is 10.1. The molecule has 0 bridgehead atoms. The third kappa shape index (κ3) is 3.46. The van der Waals surface area contributed by atoms with Crippen LogP contribution in [0.1, 0.15) is 18.3 Å². The fraction of sp³-hybridized carbons (Fsp3) is 0.176. The van der Waals surface area contributed by atoms with Crippen LogP contribution in [-0.2, 0) is 6.42 Å². The molecule has 0 saturated carbocycles. The van der Waals surface area contributed by atoms with Crippen LogP contribution in [0.3, 0.4) is 0 Å². The van der Waals surface area contributed by atoms with E-state index >= 15 is 0 Å². The van der Waals surface area contributed by atoms with Gasteiger partial charge in [-0.25, -0.2) is 9.97 Å². The molecule has 3 aromatic rings. The molecule has 0 unspecified atom stereocenters. The van der Waals surface area contributed by atoms with Crippen LogP contribution in [0, 0.1) is 0 Å².